The van der Waals surface area contributed by atoms with Crippen LogP contribution in [0.1, 0.15) is 35.3 Å². The maximum atomic E-state index is 12.9. The van der Waals surface area contributed by atoms with E-state index in [1.807, 2.05) is 13.8 Å². The Morgan fingerprint density at radius 1 is 1.28 bits per heavy atom. The molecule has 0 spiro atoms. The lowest BCUT2D eigenvalue weighted by molar-refractivity contribution is -0.149. The summed E-state index contributed by atoms with van der Waals surface area (Å²) < 4.78 is 21.5. The molecule has 8 nitrogen and oxygen atoms in total. The molecule has 2 heterocycles. The van der Waals surface area contributed by atoms with Crippen LogP contribution in [0.5, 0.6) is 0 Å². The molecular formula is C20H28BNO7. The summed E-state index contributed by atoms with van der Waals surface area (Å²) >= 11 is 0. The van der Waals surface area contributed by atoms with Gasteiger partial charge in [-0.3, -0.25) is 4.79 Å². The molecule has 9 heteroatoms. The molecule has 2 N–H and O–H groups in total. The van der Waals surface area contributed by atoms with Gasteiger partial charge in [0.05, 0.1) is 39.6 Å². The number of hydrogen-bond donors (Lipinski definition) is 2. The summed E-state index contributed by atoms with van der Waals surface area (Å²) in [4.78, 5) is 25.5. The minimum absolute atomic E-state index is 0.0228. The van der Waals surface area contributed by atoms with Crippen LogP contribution in [0.15, 0.2) is 12.1 Å². The van der Waals surface area contributed by atoms with Crippen molar-refractivity contribution in [3.05, 3.63) is 28.8 Å². The predicted octanol–water partition coefficient (Wildman–Crippen LogP) is 0.173. The Bertz CT molecular complexity index is 747. The van der Waals surface area contributed by atoms with E-state index in [9.17, 15) is 14.6 Å². The van der Waals surface area contributed by atoms with Gasteiger partial charge in [0.15, 0.2) is 0 Å². The van der Waals surface area contributed by atoms with Gasteiger partial charge in [-0.05, 0) is 35.5 Å². The first-order valence-electron chi connectivity index (χ1n) is 9.93. The highest BCUT2D eigenvalue weighted by Gasteiger charge is 2.32. The molecule has 1 aromatic carbocycles. The van der Waals surface area contributed by atoms with Crippen LogP contribution in [0.3, 0.4) is 0 Å². The van der Waals surface area contributed by atoms with E-state index in [1.54, 1.807) is 19.1 Å². The van der Waals surface area contributed by atoms with Crippen molar-refractivity contribution in [3.63, 3.8) is 0 Å². The predicted molar refractivity (Wildman–Crippen MR) is 106 cm³/mol. The average Bonchev–Trinajstić information content (AvgIpc) is 2.90. The molecule has 0 aliphatic carbocycles. The molecule has 0 aromatic heterocycles. The molecule has 2 aliphatic heterocycles. The highest BCUT2D eigenvalue weighted by atomic mass is 16.6. The lowest BCUT2D eigenvalue weighted by Gasteiger charge is -2.23. The first kappa shape index (κ1) is 21.8. The Morgan fingerprint density at radius 2 is 1.97 bits per heavy atom. The number of esters is 1. The van der Waals surface area contributed by atoms with E-state index in [4.69, 9.17) is 18.9 Å². The van der Waals surface area contributed by atoms with Gasteiger partial charge in [0.2, 0.25) is 0 Å². The summed E-state index contributed by atoms with van der Waals surface area (Å²) in [7, 11) is -1.03. The molecule has 2 aliphatic rings. The summed E-state index contributed by atoms with van der Waals surface area (Å²) in [5, 5.41) is 12.8. The van der Waals surface area contributed by atoms with E-state index in [0.29, 0.717) is 49.6 Å². The van der Waals surface area contributed by atoms with Crippen molar-refractivity contribution >= 4 is 24.5 Å². The molecule has 0 bridgehead atoms. The second kappa shape index (κ2) is 9.71. The molecule has 158 valence electrons. The van der Waals surface area contributed by atoms with Crippen LogP contribution >= 0.6 is 0 Å². The van der Waals surface area contributed by atoms with Crippen molar-refractivity contribution in [2.45, 2.75) is 33.4 Å². The maximum Gasteiger partial charge on any atom is 0.492 e. The second-order valence-electron chi connectivity index (χ2n) is 7.82. The Kier molecular flexibility index (Phi) is 7.29. The number of carbonyl (C=O) groups excluding carboxylic acids is 2. The smallest absolute Gasteiger partial charge is 0.464 e. The quantitative estimate of drug-likeness (QED) is 0.514. The molecule has 1 atom stereocenters. The first-order valence-corrected chi connectivity index (χ1v) is 9.93. The van der Waals surface area contributed by atoms with E-state index in [2.05, 4.69) is 5.32 Å². The van der Waals surface area contributed by atoms with Gasteiger partial charge < -0.3 is 29.2 Å². The molecule has 0 saturated carbocycles. The minimum Gasteiger partial charge on any atom is -0.464 e. The van der Waals surface area contributed by atoms with Crippen LogP contribution in [0.4, 0.5) is 0 Å². The number of rotatable bonds is 6. The van der Waals surface area contributed by atoms with Gasteiger partial charge in [-0.15, -0.1) is 0 Å². The molecule has 29 heavy (non-hydrogen) atoms. The van der Waals surface area contributed by atoms with Gasteiger partial charge >= 0.3 is 13.1 Å². The highest BCUT2D eigenvalue weighted by molar-refractivity contribution is 6.62. The summed E-state index contributed by atoms with van der Waals surface area (Å²) in [6.07, 6.45) is 0. The van der Waals surface area contributed by atoms with Gasteiger partial charge in [-0.1, -0.05) is 19.9 Å². The van der Waals surface area contributed by atoms with Gasteiger partial charge in [-0.25, -0.2) is 4.79 Å². The topological polar surface area (TPSA) is 103 Å². The van der Waals surface area contributed by atoms with Crippen molar-refractivity contribution < 1.29 is 33.5 Å². The number of carbonyl (C=O) groups is 2. The molecular weight excluding hydrogens is 377 g/mol. The monoisotopic (exact) mass is 405 g/mol. The summed E-state index contributed by atoms with van der Waals surface area (Å²) in [5.74, 6) is -1.05. The normalized spacial score (nSPS) is 18.3. The Labute approximate surface area is 171 Å². The molecule has 3 rings (SSSR count). The zero-order chi connectivity index (χ0) is 21.0. The third-order valence-electron chi connectivity index (χ3n) is 5.24. The standard InChI is InChI=1S/C20H28BNO7/c1-12(2)18(20(24)28-10-14-8-26-6-7-27-9-14)22-19(23)16-5-4-15-11-29-21(25)17(15)13(16)3/h4-5,12,14,18,25H,6-11H2,1-3H3,(H,22,23). The minimum atomic E-state index is -1.03. The Balaban J connectivity index is 1.65. The third-order valence-corrected chi connectivity index (χ3v) is 5.24. The average molecular weight is 405 g/mol. The maximum absolute atomic E-state index is 12.9. The SMILES string of the molecule is Cc1c(C(=O)NC(C(=O)OCC2COCCOC2)C(C)C)ccc2c1B(O)OC2. The number of ether oxygens (including phenoxy) is 3. The van der Waals surface area contributed by atoms with Crippen LogP contribution in [-0.2, 0) is 30.3 Å². The molecule has 1 fully saturated rings. The lowest BCUT2D eigenvalue weighted by Crippen LogP contribution is -2.46. The lowest BCUT2D eigenvalue weighted by atomic mass is 9.75. The molecule has 1 unspecified atom stereocenters. The molecule has 1 saturated heterocycles. The van der Waals surface area contributed by atoms with Crippen molar-refractivity contribution in [1.82, 2.24) is 5.32 Å². The summed E-state index contributed by atoms with van der Waals surface area (Å²) in [6, 6.07) is 2.67. The van der Waals surface area contributed by atoms with Gasteiger partial charge in [-0.2, -0.15) is 0 Å². The highest BCUT2D eigenvalue weighted by Crippen LogP contribution is 2.17. The first-order chi connectivity index (χ1) is 13.9. The van der Waals surface area contributed by atoms with Gasteiger partial charge in [0.25, 0.3) is 5.91 Å². The zero-order valence-electron chi connectivity index (χ0n) is 17.1. The van der Waals surface area contributed by atoms with Crippen molar-refractivity contribution in [2.24, 2.45) is 11.8 Å². The number of fused-ring (bicyclic) bond motifs is 1. The van der Waals surface area contributed by atoms with E-state index in [1.165, 1.54) is 0 Å². The summed E-state index contributed by atoms with van der Waals surface area (Å²) in [5.41, 5.74) is 2.53. The zero-order valence-corrected chi connectivity index (χ0v) is 17.1. The van der Waals surface area contributed by atoms with Crippen LogP contribution in [0.2, 0.25) is 0 Å². The van der Waals surface area contributed by atoms with Crippen molar-refractivity contribution in [1.29, 1.82) is 0 Å². The number of amides is 1. The fourth-order valence-electron chi connectivity index (χ4n) is 3.52. The van der Waals surface area contributed by atoms with Gasteiger partial charge in [0.1, 0.15) is 6.04 Å². The molecule has 0 radical (unpaired) electrons. The fourth-order valence-corrected chi connectivity index (χ4v) is 3.52. The van der Waals surface area contributed by atoms with Crippen LogP contribution in [0.25, 0.3) is 0 Å². The van der Waals surface area contributed by atoms with E-state index in [0.717, 1.165) is 5.56 Å². The summed E-state index contributed by atoms with van der Waals surface area (Å²) in [6.45, 7) is 7.97. The fraction of sp³-hybridized carbons (Fsp3) is 0.600. The van der Waals surface area contributed by atoms with Crippen LogP contribution < -0.4 is 10.8 Å². The number of nitrogens with one attached hydrogen (secondary N) is 1. The van der Waals surface area contributed by atoms with E-state index >= 15 is 0 Å². The number of hydrogen-bond acceptors (Lipinski definition) is 7. The Hall–Kier alpha value is -1.94. The van der Waals surface area contributed by atoms with Crippen molar-refractivity contribution in [3.8, 4) is 0 Å². The molecule has 1 amide bonds. The third kappa shape index (κ3) is 5.16. The number of benzene rings is 1. The van der Waals surface area contributed by atoms with Crippen LogP contribution in [0, 0.1) is 18.8 Å². The van der Waals surface area contributed by atoms with Crippen molar-refractivity contribution in [2.75, 3.05) is 33.0 Å². The second-order valence-corrected chi connectivity index (χ2v) is 7.82. The van der Waals surface area contributed by atoms with Crippen LogP contribution in [-0.4, -0.2) is 63.1 Å². The van der Waals surface area contributed by atoms with E-state index in [-0.39, 0.29) is 24.3 Å². The largest absolute Gasteiger partial charge is 0.492 e. The van der Waals surface area contributed by atoms with Gasteiger partial charge in [0, 0.05) is 11.5 Å². The molecule has 1 aromatic rings. The van der Waals surface area contributed by atoms with E-state index < -0.39 is 19.1 Å². The Morgan fingerprint density at radius 3 is 2.62 bits per heavy atom.